The van der Waals surface area contributed by atoms with Gasteiger partial charge in [-0.15, -0.1) is 0 Å². The van der Waals surface area contributed by atoms with Crippen LogP contribution in [0.3, 0.4) is 0 Å². The monoisotopic (exact) mass is 236 g/mol. The predicted octanol–water partition coefficient (Wildman–Crippen LogP) is 1.56. The summed E-state index contributed by atoms with van der Waals surface area (Å²) in [5, 5.41) is 3.28. The zero-order chi connectivity index (χ0) is 12.1. The highest BCUT2D eigenvalue weighted by molar-refractivity contribution is 5.30. The topological polar surface area (TPSA) is 73.1 Å². The molecule has 0 spiro atoms. The number of ether oxygens (including phenoxy) is 1. The third-order valence-electron chi connectivity index (χ3n) is 2.97. The molecule has 5 heteroatoms. The molecule has 0 saturated heterocycles. The largest absolute Gasteiger partial charge is 0.478 e. The van der Waals surface area contributed by atoms with Gasteiger partial charge < -0.3 is 15.8 Å². The Balaban J connectivity index is 1.95. The maximum Gasteiger partial charge on any atom is 0.226 e. The Morgan fingerprint density at radius 2 is 2.41 bits per heavy atom. The molecule has 2 atom stereocenters. The minimum Gasteiger partial charge on any atom is -0.478 e. The average Bonchev–Trinajstić information content (AvgIpc) is 2.73. The number of nitrogens with one attached hydrogen (secondary N) is 1. The van der Waals surface area contributed by atoms with Crippen LogP contribution in [-0.4, -0.2) is 28.7 Å². The molecule has 2 unspecified atom stereocenters. The number of nitrogens with two attached hydrogens (primary N) is 1. The van der Waals surface area contributed by atoms with Crippen molar-refractivity contribution in [2.24, 2.45) is 5.73 Å². The zero-order valence-electron chi connectivity index (χ0n) is 10.2. The fraction of sp³-hybridized carbons (Fsp3) is 0.667. The van der Waals surface area contributed by atoms with Crippen molar-refractivity contribution >= 4 is 5.95 Å². The number of anilines is 1. The van der Waals surface area contributed by atoms with Crippen molar-refractivity contribution in [3.05, 3.63) is 12.3 Å². The molecule has 1 aliphatic carbocycles. The van der Waals surface area contributed by atoms with Gasteiger partial charge in [0, 0.05) is 24.3 Å². The maximum atomic E-state index is 6.00. The molecule has 1 saturated carbocycles. The van der Waals surface area contributed by atoms with Crippen LogP contribution in [0.4, 0.5) is 5.95 Å². The maximum absolute atomic E-state index is 6.00. The van der Waals surface area contributed by atoms with Crippen LogP contribution < -0.4 is 15.8 Å². The van der Waals surface area contributed by atoms with Crippen LogP contribution >= 0.6 is 0 Å². The van der Waals surface area contributed by atoms with E-state index in [9.17, 15) is 0 Å². The van der Waals surface area contributed by atoms with Crippen LogP contribution in [0.1, 0.15) is 32.6 Å². The molecule has 1 aromatic rings. The highest BCUT2D eigenvalue weighted by Crippen LogP contribution is 2.20. The van der Waals surface area contributed by atoms with Crippen LogP contribution in [0.15, 0.2) is 12.3 Å². The lowest BCUT2D eigenvalue weighted by Crippen LogP contribution is -2.35. The number of hydrogen-bond acceptors (Lipinski definition) is 5. The lowest BCUT2D eigenvalue weighted by Gasteiger charge is -2.17. The minimum atomic E-state index is 0.207. The van der Waals surface area contributed by atoms with Crippen molar-refractivity contribution in [1.82, 2.24) is 9.97 Å². The van der Waals surface area contributed by atoms with Gasteiger partial charge in [-0.1, -0.05) is 6.92 Å². The molecule has 1 aliphatic rings. The van der Waals surface area contributed by atoms with E-state index in [0.717, 1.165) is 19.3 Å². The summed E-state index contributed by atoms with van der Waals surface area (Å²) in [5.41, 5.74) is 6.00. The predicted molar refractivity (Wildman–Crippen MR) is 67.1 cm³/mol. The van der Waals surface area contributed by atoms with Crippen molar-refractivity contribution in [2.45, 2.75) is 44.7 Å². The number of hydrogen-bond donors (Lipinski definition) is 2. The lowest BCUT2D eigenvalue weighted by atomic mass is 10.2. The SMILES string of the molecule is CCCOc1ccnc(NC2CCCC2N)n1. The Bertz CT molecular complexity index is 358. The first-order valence-corrected chi connectivity index (χ1v) is 6.27. The summed E-state index contributed by atoms with van der Waals surface area (Å²) in [4.78, 5) is 8.50. The molecule has 0 aromatic carbocycles. The van der Waals surface area contributed by atoms with Gasteiger partial charge in [0.1, 0.15) is 0 Å². The average molecular weight is 236 g/mol. The third kappa shape index (κ3) is 3.30. The van der Waals surface area contributed by atoms with E-state index in [-0.39, 0.29) is 12.1 Å². The van der Waals surface area contributed by atoms with E-state index in [1.165, 1.54) is 6.42 Å². The van der Waals surface area contributed by atoms with Crippen molar-refractivity contribution < 1.29 is 4.74 Å². The van der Waals surface area contributed by atoms with Crippen molar-refractivity contribution in [2.75, 3.05) is 11.9 Å². The van der Waals surface area contributed by atoms with Gasteiger partial charge in [0.2, 0.25) is 11.8 Å². The Morgan fingerprint density at radius 3 is 3.12 bits per heavy atom. The molecule has 3 N–H and O–H groups in total. The molecular formula is C12H20N4O. The fourth-order valence-corrected chi connectivity index (χ4v) is 2.03. The van der Waals surface area contributed by atoms with Gasteiger partial charge in [-0.05, 0) is 25.7 Å². The first-order chi connectivity index (χ1) is 8.29. The minimum absolute atomic E-state index is 0.207. The number of aromatic nitrogens is 2. The van der Waals surface area contributed by atoms with Gasteiger partial charge in [-0.25, -0.2) is 4.98 Å². The van der Waals surface area contributed by atoms with Gasteiger partial charge in [0.25, 0.3) is 0 Å². The molecule has 0 aliphatic heterocycles. The van der Waals surface area contributed by atoms with Gasteiger partial charge in [-0.3, -0.25) is 0 Å². The molecule has 17 heavy (non-hydrogen) atoms. The van der Waals surface area contributed by atoms with E-state index in [2.05, 4.69) is 22.2 Å². The second-order valence-corrected chi connectivity index (χ2v) is 4.41. The van der Waals surface area contributed by atoms with Crippen molar-refractivity contribution in [1.29, 1.82) is 0 Å². The third-order valence-corrected chi connectivity index (χ3v) is 2.97. The zero-order valence-corrected chi connectivity index (χ0v) is 10.2. The molecular weight excluding hydrogens is 216 g/mol. The summed E-state index contributed by atoms with van der Waals surface area (Å²) in [6.07, 6.45) is 6.01. The molecule has 0 amide bonds. The van der Waals surface area contributed by atoms with E-state index >= 15 is 0 Å². The summed E-state index contributed by atoms with van der Waals surface area (Å²) in [7, 11) is 0. The van der Waals surface area contributed by atoms with Crippen LogP contribution in [0.2, 0.25) is 0 Å². The summed E-state index contributed by atoms with van der Waals surface area (Å²) in [5.74, 6) is 1.23. The van der Waals surface area contributed by atoms with Crippen LogP contribution in [0.25, 0.3) is 0 Å². The van der Waals surface area contributed by atoms with Gasteiger partial charge in [-0.2, -0.15) is 4.98 Å². The highest BCUT2D eigenvalue weighted by Gasteiger charge is 2.24. The number of rotatable bonds is 5. The molecule has 1 fully saturated rings. The number of nitrogens with zero attached hydrogens (tertiary/aromatic N) is 2. The van der Waals surface area contributed by atoms with E-state index in [4.69, 9.17) is 10.5 Å². The van der Waals surface area contributed by atoms with Gasteiger partial charge >= 0.3 is 0 Å². The molecule has 0 bridgehead atoms. The first-order valence-electron chi connectivity index (χ1n) is 6.27. The second-order valence-electron chi connectivity index (χ2n) is 4.41. The summed E-state index contributed by atoms with van der Waals surface area (Å²) in [6, 6.07) is 2.27. The van der Waals surface area contributed by atoms with Crippen LogP contribution in [0, 0.1) is 0 Å². The van der Waals surface area contributed by atoms with E-state index in [1.54, 1.807) is 12.3 Å². The van der Waals surface area contributed by atoms with Gasteiger partial charge in [0.05, 0.1) is 6.61 Å². The van der Waals surface area contributed by atoms with Crippen molar-refractivity contribution in [3.63, 3.8) is 0 Å². The summed E-state index contributed by atoms with van der Waals surface area (Å²) in [6.45, 7) is 2.75. The Hall–Kier alpha value is -1.36. The summed E-state index contributed by atoms with van der Waals surface area (Å²) >= 11 is 0. The molecule has 1 aromatic heterocycles. The Morgan fingerprint density at radius 1 is 1.53 bits per heavy atom. The van der Waals surface area contributed by atoms with E-state index in [1.807, 2.05) is 0 Å². The standard InChI is InChI=1S/C12H20N4O/c1-2-8-17-11-6-7-14-12(16-11)15-10-5-3-4-9(10)13/h6-7,9-10H,2-5,8,13H2,1H3,(H,14,15,16). The molecule has 0 radical (unpaired) electrons. The Labute approximate surface area is 102 Å². The Kier molecular flexibility index (Phi) is 4.14. The fourth-order valence-electron chi connectivity index (χ4n) is 2.03. The second kappa shape index (κ2) is 5.82. The quantitative estimate of drug-likeness (QED) is 0.811. The van der Waals surface area contributed by atoms with E-state index < -0.39 is 0 Å². The molecule has 2 rings (SSSR count). The smallest absolute Gasteiger partial charge is 0.226 e. The van der Waals surface area contributed by atoms with E-state index in [0.29, 0.717) is 18.4 Å². The molecule has 1 heterocycles. The highest BCUT2D eigenvalue weighted by atomic mass is 16.5. The van der Waals surface area contributed by atoms with Crippen molar-refractivity contribution in [3.8, 4) is 5.88 Å². The molecule has 94 valence electrons. The van der Waals surface area contributed by atoms with Crippen LogP contribution in [0.5, 0.6) is 5.88 Å². The normalized spacial score (nSPS) is 23.6. The van der Waals surface area contributed by atoms with Gasteiger partial charge in [0.15, 0.2) is 0 Å². The summed E-state index contributed by atoms with van der Waals surface area (Å²) < 4.78 is 5.46. The lowest BCUT2D eigenvalue weighted by molar-refractivity contribution is 0.305. The molecule has 5 nitrogen and oxygen atoms in total. The van der Waals surface area contributed by atoms with Crippen LogP contribution in [-0.2, 0) is 0 Å². The first kappa shape index (κ1) is 12.1.